The lowest BCUT2D eigenvalue weighted by atomic mass is 10.1. The summed E-state index contributed by atoms with van der Waals surface area (Å²) in [5, 5.41) is 3.23. The van der Waals surface area contributed by atoms with E-state index in [4.69, 9.17) is 11.6 Å². The van der Waals surface area contributed by atoms with Crippen molar-refractivity contribution < 1.29 is 4.79 Å². The average Bonchev–Trinajstić information content (AvgIpc) is 2.46. The molecule has 20 heavy (non-hydrogen) atoms. The van der Waals surface area contributed by atoms with Crippen molar-refractivity contribution in [2.45, 2.75) is 26.7 Å². The van der Waals surface area contributed by atoms with E-state index in [1.165, 1.54) is 5.56 Å². The smallest absolute Gasteiger partial charge is 0.255 e. The van der Waals surface area contributed by atoms with Gasteiger partial charge in [0.2, 0.25) is 0 Å². The van der Waals surface area contributed by atoms with E-state index in [9.17, 15) is 4.79 Å². The number of halogens is 1. The number of hydrogen-bond acceptors (Lipinski definition) is 2. The molecule has 0 aliphatic carbocycles. The monoisotopic (exact) mass is 288 g/mol. The van der Waals surface area contributed by atoms with Gasteiger partial charge in [-0.2, -0.15) is 0 Å². The van der Waals surface area contributed by atoms with Crippen LogP contribution in [0.3, 0.4) is 0 Å². The summed E-state index contributed by atoms with van der Waals surface area (Å²) in [6, 6.07) is 11.2. The van der Waals surface area contributed by atoms with Crippen LogP contribution in [0.1, 0.15) is 35.5 Å². The van der Waals surface area contributed by atoms with Crippen LogP contribution in [0.2, 0.25) is 5.15 Å². The molecule has 0 spiro atoms. The van der Waals surface area contributed by atoms with E-state index in [1.807, 2.05) is 31.2 Å². The molecule has 0 saturated carbocycles. The molecular weight excluding hydrogens is 272 g/mol. The van der Waals surface area contributed by atoms with Gasteiger partial charge in [-0.3, -0.25) is 4.79 Å². The number of pyridine rings is 1. The maximum absolute atomic E-state index is 12.2. The number of nitrogens with zero attached hydrogens (tertiary/aromatic N) is 1. The lowest BCUT2D eigenvalue weighted by Crippen LogP contribution is -2.13. The van der Waals surface area contributed by atoms with Crippen LogP contribution in [0.4, 0.5) is 5.69 Å². The predicted octanol–water partition coefficient (Wildman–Crippen LogP) is 4.11. The van der Waals surface area contributed by atoms with Crippen LogP contribution in [0, 0.1) is 0 Å². The number of benzene rings is 1. The van der Waals surface area contributed by atoms with Gasteiger partial charge < -0.3 is 5.32 Å². The Morgan fingerprint density at radius 2 is 2.00 bits per heavy atom. The highest BCUT2D eigenvalue weighted by Gasteiger charge is 2.09. The van der Waals surface area contributed by atoms with Crippen LogP contribution in [0.25, 0.3) is 0 Å². The van der Waals surface area contributed by atoms with E-state index in [-0.39, 0.29) is 5.91 Å². The van der Waals surface area contributed by atoms with Crippen molar-refractivity contribution in [1.29, 1.82) is 0 Å². The first kappa shape index (κ1) is 14.5. The van der Waals surface area contributed by atoms with Gasteiger partial charge in [0.05, 0.1) is 0 Å². The van der Waals surface area contributed by atoms with Crippen LogP contribution in [-0.2, 0) is 12.8 Å². The first-order valence-corrected chi connectivity index (χ1v) is 7.07. The molecule has 0 unspecified atom stereocenters. The number of aromatic nitrogens is 1. The molecule has 0 atom stereocenters. The molecule has 1 heterocycles. The SMILES string of the molecule is CCc1cccc(NC(=O)c2cc(Cl)nc(CC)c2)c1. The minimum atomic E-state index is -0.169. The molecule has 1 aromatic carbocycles. The number of aryl methyl sites for hydroxylation is 2. The highest BCUT2D eigenvalue weighted by atomic mass is 35.5. The molecule has 0 aliphatic rings. The fourth-order valence-corrected chi connectivity index (χ4v) is 2.16. The zero-order valence-electron chi connectivity index (χ0n) is 11.6. The van der Waals surface area contributed by atoms with Gasteiger partial charge in [0.15, 0.2) is 0 Å². The predicted molar refractivity (Wildman–Crippen MR) is 82.4 cm³/mol. The average molecular weight is 289 g/mol. The molecule has 0 radical (unpaired) electrons. The van der Waals surface area contributed by atoms with Gasteiger partial charge in [-0.25, -0.2) is 4.98 Å². The second-order valence-electron chi connectivity index (χ2n) is 4.53. The van der Waals surface area contributed by atoms with Crippen LogP contribution in [0.5, 0.6) is 0 Å². The molecule has 1 N–H and O–H groups in total. The van der Waals surface area contributed by atoms with E-state index in [0.717, 1.165) is 24.2 Å². The Morgan fingerprint density at radius 3 is 2.70 bits per heavy atom. The van der Waals surface area contributed by atoms with Gasteiger partial charge in [-0.1, -0.05) is 37.6 Å². The summed E-state index contributed by atoms with van der Waals surface area (Å²) in [6.45, 7) is 4.06. The van der Waals surface area contributed by atoms with Gasteiger partial charge in [-0.05, 0) is 42.7 Å². The van der Waals surface area contributed by atoms with Gasteiger partial charge in [-0.15, -0.1) is 0 Å². The maximum Gasteiger partial charge on any atom is 0.255 e. The summed E-state index contributed by atoms with van der Waals surface area (Å²) in [5.74, 6) is -0.169. The highest BCUT2D eigenvalue weighted by Crippen LogP contribution is 2.15. The molecule has 0 saturated heterocycles. The fourth-order valence-electron chi connectivity index (χ4n) is 1.94. The maximum atomic E-state index is 12.2. The zero-order valence-corrected chi connectivity index (χ0v) is 12.4. The molecule has 2 rings (SSSR count). The summed E-state index contributed by atoms with van der Waals surface area (Å²) < 4.78 is 0. The summed E-state index contributed by atoms with van der Waals surface area (Å²) in [5.41, 5.74) is 3.32. The van der Waals surface area contributed by atoms with Crippen molar-refractivity contribution in [2.75, 3.05) is 5.32 Å². The van der Waals surface area contributed by atoms with E-state index >= 15 is 0 Å². The van der Waals surface area contributed by atoms with Gasteiger partial charge in [0.1, 0.15) is 5.15 Å². The summed E-state index contributed by atoms with van der Waals surface area (Å²) >= 11 is 5.93. The largest absolute Gasteiger partial charge is 0.322 e. The lowest BCUT2D eigenvalue weighted by molar-refractivity contribution is 0.102. The second kappa shape index (κ2) is 6.53. The van der Waals surface area contributed by atoms with Gasteiger partial charge in [0, 0.05) is 16.9 Å². The van der Waals surface area contributed by atoms with E-state index in [2.05, 4.69) is 17.2 Å². The minimum Gasteiger partial charge on any atom is -0.322 e. The normalized spacial score (nSPS) is 10.3. The van der Waals surface area contributed by atoms with Crippen LogP contribution in [0.15, 0.2) is 36.4 Å². The topological polar surface area (TPSA) is 42.0 Å². The Bertz CT molecular complexity index is 626. The number of carbonyl (C=O) groups is 1. The Hall–Kier alpha value is -1.87. The third-order valence-corrected chi connectivity index (χ3v) is 3.26. The molecule has 0 fully saturated rings. The number of anilines is 1. The summed E-state index contributed by atoms with van der Waals surface area (Å²) in [6.07, 6.45) is 1.68. The third-order valence-electron chi connectivity index (χ3n) is 3.06. The van der Waals surface area contributed by atoms with E-state index in [1.54, 1.807) is 12.1 Å². The first-order chi connectivity index (χ1) is 9.62. The number of hydrogen-bond donors (Lipinski definition) is 1. The standard InChI is InChI=1S/C16H17ClN2O/c1-3-11-6-5-7-14(8-11)19-16(20)12-9-13(4-2)18-15(17)10-12/h5-10H,3-4H2,1-2H3,(H,19,20). The first-order valence-electron chi connectivity index (χ1n) is 6.69. The highest BCUT2D eigenvalue weighted by molar-refractivity contribution is 6.29. The van der Waals surface area contributed by atoms with Crippen molar-refractivity contribution in [3.05, 3.63) is 58.4 Å². The number of carbonyl (C=O) groups excluding carboxylic acids is 1. The van der Waals surface area contributed by atoms with E-state index in [0.29, 0.717) is 10.7 Å². The van der Waals surface area contributed by atoms with Crippen LogP contribution < -0.4 is 5.32 Å². The second-order valence-corrected chi connectivity index (χ2v) is 4.92. The molecule has 3 nitrogen and oxygen atoms in total. The number of rotatable bonds is 4. The molecule has 4 heteroatoms. The Morgan fingerprint density at radius 1 is 1.20 bits per heavy atom. The minimum absolute atomic E-state index is 0.169. The molecular formula is C16H17ClN2O. The van der Waals surface area contributed by atoms with Crippen molar-refractivity contribution in [3.8, 4) is 0 Å². The molecule has 104 valence electrons. The van der Waals surface area contributed by atoms with Crippen molar-refractivity contribution >= 4 is 23.2 Å². The van der Waals surface area contributed by atoms with E-state index < -0.39 is 0 Å². The van der Waals surface area contributed by atoms with Crippen molar-refractivity contribution in [3.63, 3.8) is 0 Å². The fraction of sp³-hybridized carbons (Fsp3) is 0.250. The van der Waals surface area contributed by atoms with Gasteiger partial charge in [0.25, 0.3) is 5.91 Å². The number of amides is 1. The molecule has 0 bridgehead atoms. The molecule has 2 aromatic rings. The zero-order chi connectivity index (χ0) is 14.5. The summed E-state index contributed by atoms with van der Waals surface area (Å²) in [7, 11) is 0. The van der Waals surface area contributed by atoms with Crippen LogP contribution in [-0.4, -0.2) is 10.9 Å². The summed E-state index contributed by atoms with van der Waals surface area (Å²) in [4.78, 5) is 16.4. The Kier molecular flexibility index (Phi) is 4.74. The lowest BCUT2D eigenvalue weighted by Gasteiger charge is -2.08. The molecule has 1 aromatic heterocycles. The molecule has 0 aliphatic heterocycles. The van der Waals surface area contributed by atoms with Crippen LogP contribution >= 0.6 is 11.6 Å². The number of nitrogens with one attached hydrogen (secondary N) is 1. The Balaban J connectivity index is 2.21. The quantitative estimate of drug-likeness (QED) is 0.860. The van der Waals surface area contributed by atoms with Gasteiger partial charge >= 0.3 is 0 Å². The Labute approximate surface area is 124 Å². The van der Waals surface area contributed by atoms with Crippen molar-refractivity contribution in [2.24, 2.45) is 0 Å². The van der Waals surface area contributed by atoms with Crippen molar-refractivity contribution in [1.82, 2.24) is 4.98 Å². The molecule has 1 amide bonds. The third kappa shape index (κ3) is 3.58.